The average Bonchev–Trinajstić information content (AvgIpc) is 2.66. The molecule has 5 heteroatoms. The van der Waals surface area contributed by atoms with Gasteiger partial charge < -0.3 is 14.6 Å². The molecule has 0 spiro atoms. The van der Waals surface area contributed by atoms with Crippen LogP contribution in [0.15, 0.2) is 54.6 Å². The largest absolute Gasteiger partial charge is 0.489 e. The second-order valence-electron chi connectivity index (χ2n) is 6.11. The topological polar surface area (TPSA) is 59.0 Å². The number of hydrogen-bond donors (Lipinski definition) is 1. The zero-order valence-electron chi connectivity index (χ0n) is 14.1. The Kier molecular flexibility index (Phi) is 6.04. The Morgan fingerprint density at radius 3 is 2.40 bits per heavy atom. The van der Waals surface area contributed by atoms with Crippen LogP contribution in [0.5, 0.6) is 5.75 Å². The number of aliphatic carboxylic acids is 1. The van der Waals surface area contributed by atoms with E-state index < -0.39 is 5.97 Å². The van der Waals surface area contributed by atoms with Crippen LogP contribution in [0.25, 0.3) is 0 Å². The van der Waals surface area contributed by atoms with Crippen LogP contribution in [0.2, 0.25) is 0 Å². The van der Waals surface area contributed by atoms with Gasteiger partial charge in [-0.05, 0) is 23.3 Å². The molecule has 1 aliphatic heterocycles. The summed E-state index contributed by atoms with van der Waals surface area (Å²) in [5.41, 5.74) is 2.11. The Bertz CT molecular complexity index is 666. The molecule has 5 nitrogen and oxygen atoms in total. The zero-order valence-corrected chi connectivity index (χ0v) is 14.1. The summed E-state index contributed by atoms with van der Waals surface area (Å²) in [4.78, 5) is 13.4. The first-order chi connectivity index (χ1) is 12.2. The van der Waals surface area contributed by atoms with Crippen molar-refractivity contribution in [3.63, 3.8) is 0 Å². The molecule has 1 unspecified atom stereocenters. The van der Waals surface area contributed by atoms with Crippen molar-refractivity contribution in [1.29, 1.82) is 0 Å². The molecule has 1 heterocycles. The Morgan fingerprint density at radius 2 is 1.76 bits per heavy atom. The molecule has 132 valence electrons. The summed E-state index contributed by atoms with van der Waals surface area (Å²) in [6.45, 7) is 3.32. The van der Waals surface area contributed by atoms with Gasteiger partial charge in [0.2, 0.25) is 0 Å². The van der Waals surface area contributed by atoms with Crippen LogP contribution in [0.4, 0.5) is 0 Å². The molecule has 1 atom stereocenters. The van der Waals surface area contributed by atoms with Crippen LogP contribution < -0.4 is 4.74 Å². The molecule has 2 aromatic rings. The monoisotopic (exact) mass is 341 g/mol. The molecule has 0 saturated carbocycles. The molecule has 2 aromatic carbocycles. The Hall–Kier alpha value is -2.37. The maximum absolute atomic E-state index is 11.3. The van der Waals surface area contributed by atoms with Crippen molar-refractivity contribution >= 4 is 5.97 Å². The third kappa shape index (κ3) is 5.05. The minimum atomic E-state index is -0.791. The molecular weight excluding hydrogens is 318 g/mol. The highest BCUT2D eigenvalue weighted by atomic mass is 16.5. The first-order valence-corrected chi connectivity index (χ1v) is 8.52. The molecule has 1 aliphatic rings. The van der Waals surface area contributed by atoms with Crippen LogP contribution in [-0.4, -0.2) is 42.3 Å². The van der Waals surface area contributed by atoms with E-state index in [-0.39, 0.29) is 12.5 Å². The minimum absolute atomic E-state index is 0.0875. The van der Waals surface area contributed by atoms with Gasteiger partial charge in [-0.25, -0.2) is 0 Å². The molecule has 1 N–H and O–H groups in total. The van der Waals surface area contributed by atoms with E-state index in [2.05, 4.69) is 4.90 Å². The van der Waals surface area contributed by atoms with Gasteiger partial charge >= 0.3 is 5.97 Å². The predicted octanol–water partition coefficient (Wildman–Crippen LogP) is 3.11. The summed E-state index contributed by atoms with van der Waals surface area (Å²) < 4.78 is 11.2. The molecule has 3 rings (SSSR count). The molecule has 0 radical (unpaired) electrons. The fraction of sp³-hybridized carbons (Fsp3) is 0.350. The van der Waals surface area contributed by atoms with E-state index in [4.69, 9.17) is 9.47 Å². The van der Waals surface area contributed by atoms with E-state index in [1.807, 2.05) is 54.6 Å². The number of rotatable bonds is 7. The molecule has 1 saturated heterocycles. The Morgan fingerprint density at radius 1 is 1.08 bits per heavy atom. The zero-order chi connectivity index (χ0) is 17.5. The van der Waals surface area contributed by atoms with Gasteiger partial charge in [0.1, 0.15) is 12.4 Å². The molecule has 0 bridgehead atoms. The SMILES string of the molecule is O=C(O)CC(c1ccc(OCc2ccccc2)cc1)N1CCOCC1. The van der Waals surface area contributed by atoms with Crippen molar-refractivity contribution in [2.45, 2.75) is 19.1 Å². The van der Waals surface area contributed by atoms with Crippen molar-refractivity contribution in [2.75, 3.05) is 26.3 Å². The van der Waals surface area contributed by atoms with E-state index >= 15 is 0 Å². The molecule has 0 amide bonds. The maximum atomic E-state index is 11.3. The summed E-state index contributed by atoms with van der Waals surface area (Å²) in [5.74, 6) is -0.00967. The van der Waals surface area contributed by atoms with E-state index in [9.17, 15) is 9.90 Å². The normalized spacial score (nSPS) is 16.3. The van der Waals surface area contributed by atoms with Crippen molar-refractivity contribution in [3.05, 3.63) is 65.7 Å². The van der Waals surface area contributed by atoms with Gasteiger partial charge in [0, 0.05) is 19.1 Å². The van der Waals surface area contributed by atoms with Crippen LogP contribution in [0.1, 0.15) is 23.6 Å². The van der Waals surface area contributed by atoms with Crippen LogP contribution in [0.3, 0.4) is 0 Å². The van der Waals surface area contributed by atoms with Gasteiger partial charge in [0.25, 0.3) is 0 Å². The lowest BCUT2D eigenvalue weighted by Gasteiger charge is -2.34. The van der Waals surface area contributed by atoms with Gasteiger partial charge in [-0.3, -0.25) is 9.69 Å². The van der Waals surface area contributed by atoms with E-state index in [1.165, 1.54) is 0 Å². The second kappa shape index (κ2) is 8.65. The number of carboxylic acid groups (broad SMARTS) is 1. The molecule has 1 fully saturated rings. The van der Waals surface area contributed by atoms with Crippen molar-refractivity contribution in [1.82, 2.24) is 4.90 Å². The summed E-state index contributed by atoms with van der Waals surface area (Å²) >= 11 is 0. The summed E-state index contributed by atoms with van der Waals surface area (Å²) in [6.07, 6.45) is 0.0875. The lowest BCUT2D eigenvalue weighted by Crippen LogP contribution is -2.39. The summed E-state index contributed by atoms with van der Waals surface area (Å²) in [6, 6.07) is 17.6. The third-order valence-electron chi connectivity index (χ3n) is 4.37. The molecular formula is C20H23NO4. The molecule has 25 heavy (non-hydrogen) atoms. The number of benzene rings is 2. The van der Waals surface area contributed by atoms with E-state index in [1.54, 1.807) is 0 Å². The first-order valence-electron chi connectivity index (χ1n) is 8.52. The fourth-order valence-electron chi connectivity index (χ4n) is 3.04. The fourth-order valence-corrected chi connectivity index (χ4v) is 3.04. The predicted molar refractivity (Wildman–Crippen MR) is 94.6 cm³/mol. The maximum Gasteiger partial charge on any atom is 0.305 e. The Labute approximate surface area is 147 Å². The van der Waals surface area contributed by atoms with Gasteiger partial charge in [0.05, 0.1) is 19.6 Å². The second-order valence-corrected chi connectivity index (χ2v) is 6.11. The number of ether oxygens (including phenoxy) is 2. The number of morpholine rings is 1. The van der Waals surface area contributed by atoms with E-state index in [0.717, 1.165) is 30.0 Å². The third-order valence-corrected chi connectivity index (χ3v) is 4.37. The summed E-state index contributed by atoms with van der Waals surface area (Å²) in [7, 11) is 0. The minimum Gasteiger partial charge on any atom is -0.489 e. The van der Waals surface area contributed by atoms with Gasteiger partial charge in [-0.2, -0.15) is 0 Å². The van der Waals surface area contributed by atoms with Gasteiger partial charge in [0.15, 0.2) is 0 Å². The van der Waals surface area contributed by atoms with Crippen LogP contribution in [-0.2, 0) is 16.1 Å². The lowest BCUT2D eigenvalue weighted by molar-refractivity contribution is -0.139. The lowest BCUT2D eigenvalue weighted by atomic mass is 10.0. The summed E-state index contributed by atoms with van der Waals surface area (Å²) in [5, 5.41) is 9.26. The number of carboxylic acids is 1. The highest BCUT2D eigenvalue weighted by molar-refractivity contribution is 5.68. The van der Waals surface area contributed by atoms with Crippen molar-refractivity contribution in [2.24, 2.45) is 0 Å². The number of carbonyl (C=O) groups is 1. The van der Waals surface area contributed by atoms with Crippen LogP contribution >= 0.6 is 0 Å². The Balaban J connectivity index is 1.66. The quantitative estimate of drug-likeness (QED) is 0.838. The van der Waals surface area contributed by atoms with Crippen LogP contribution in [0, 0.1) is 0 Å². The van der Waals surface area contributed by atoms with E-state index in [0.29, 0.717) is 19.8 Å². The molecule has 0 aromatic heterocycles. The van der Waals surface area contributed by atoms with Crippen molar-refractivity contribution in [3.8, 4) is 5.75 Å². The number of nitrogens with zero attached hydrogens (tertiary/aromatic N) is 1. The van der Waals surface area contributed by atoms with Crippen molar-refractivity contribution < 1.29 is 19.4 Å². The van der Waals surface area contributed by atoms with Gasteiger partial charge in [-0.1, -0.05) is 42.5 Å². The highest BCUT2D eigenvalue weighted by Gasteiger charge is 2.24. The first kappa shape index (κ1) is 17.5. The standard InChI is InChI=1S/C20H23NO4/c22-20(23)14-19(21-10-12-24-13-11-21)17-6-8-18(9-7-17)25-15-16-4-2-1-3-5-16/h1-9,19H,10-15H2,(H,22,23). The van der Waals surface area contributed by atoms with Gasteiger partial charge in [-0.15, -0.1) is 0 Å². The average molecular weight is 341 g/mol. The molecule has 0 aliphatic carbocycles. The highest BCUT2D eigenvalue weighted by Crippen LogP contribution is 2.27. The number of hydrogen-bond acceptors (Lipinski definition) is 4. The smallest absolute Gasteiger partial charge is 0.305 e.